The van der Waals surface area contributed by atoms with E-state index in [4.69, 9.17) is 9.47 Å². The van der Waals surface area contributed by atoms with Crippen molar-refractivity contribution in [1.82, 2.24) is 20.4 Å². The van der Waals surface area contributed by atoms with Gasteiger partial charge in [-0.05, 0) is 36.6 Å². The molecular formula is C19H28IN5O2. The van der Waals surface area contributed by atoms with Crippen LogP contribution in [0.15, 0.2) is 47.7 Å². The molecule has 148 valence electrons. The Labute approximate surface area is 177 Å². The minimum atomic E-state index is 0. The van der Waals surface area contributed by atoms with E-state index in [-0.39, 0.29) is 30.1 Å². The molecule has 1 saturated heterocycles. The molecule has 1 fully saturated rings. The van der Waals surface area contributed by atoms with Crippen LogP contribution in [0.4, 0.5) is 0 Å². The van der Waals surface area contributed by atoms with Gasteiger partial charge in [-0.3, -0.25) is 4.99 Å². The predicted octanol–water partition coefficient (Wildman–Crippen LogP) is 2.35. The molecular weight excluding hydrogens is 457 g/mol. The van der Waals surface area contributed by atoms with Gasteiger partial charge in [0.15, 0.2) is 5.96 Å². The molecule has 1 aliphatic heterocycles. The Morgan fingerprint density at radius 3 is 3.04 bits per heavy atom. The second-order valence-electron chi connectivity index (χ2n) is 6.18. The highest BCUT2D eigenvalue weighted by Crippen LogP contribution is 2.09. The summed E-state index contributed by atoms with van der Waals surface area (Å²) < 4.78 is 12.9. The third kappa shape index (κ3) is 7.11. The van der Waals surface area contributed by atoms with Gasteiger partial charge >= 0.3 is 0 Å². The monoisotopic (exact) mass is 485 g/mol. The van der Waals surface area contributed by atoms with Gasteiger partial charge in [-0.25, -0.2) is 4.68 Å². The summed E-state index contributed by atoms with van der Waals surface area (Å²) in [5.74, 6) is 0.790. The highest BCUT2D eigenvalue weighted by molar-refractivity contribution is 14.0. The second kappa shape index (κ2) is 11.9. The summed E-state index contributed by atoms with van der Waals surface area (Å²) in [7, 11) is 1.78. The van der Waals surface area contributed by atoms with Gasteiger partial charge < -0.3 is 20.1 Å². The summed E-state index contributed by atoms with van der Waals surface area (Å²) in [6.45, 7) is 3.81. The van der Waals surface area contributed by atoms with Crippen LogP contribution in [0.25, 0.3) is 5.69 Å². The lowest BCUT2D eigenvalue weighted by Gasteiger charge is -2.13. The summed E-state index contributed by atoms with van der Waals surface area (Å²) in [5.41, 5.74) is 2.22. The Morgan fingerprint density at radius 1 is 1.37 bits per heavy atom. The zero-order valence-electron chi connectivity index (χ0n) is 15.6. The number of nitrogens with zero attached hydrogens (tertiary/aromatic N) is 3. The Bertz CT molecular complexity index is 687. The number of hydrogen-bond donors (Lipinski definition) is 2. The molecule has 3 rings (SSSR count). The molecule has 2 aromatic rings. The van der Waals surface area contributed by atoms with E-state index < -0.39 is 0 Å². The van der Waals surface area contributed by atoms with Crippen molar-refractivity contribution < 1.29 is 9.47 Å². The van der Waals surface area contributed by atoms with E-state index in [9.17, 15) is 0 Å². The van der Waals surface area contributed by atoms with Crippen molar-refractivity contribution in [3.05, 3.63) is 48.3 Å². The molecule has 8 heteroatoms. The fourth-order valence-electron chi connectivity index (χ4n) is 2.81. The van der Waals surface area contributed by atoms with E-state index in [1.54, 1.807) is 13.2 Å². The second-order valence-corrected chi connectivity index (χ2v) is 6.18. The zero-order valence-corrected chi connectivity index (χ0v) is 18.0. The lowest BCUT2D eigenvalue weighted by molar-refractivity contribution is 0.0420. The fourth-order valence-corrected chi connectivity index (χ4v) is 2.81. The summed E-state index contributed by atoms with van der Waals surface area (Å²) in [6, 6.07) is 10.2. The molecule has 7 nitrogen and oxygen atoms in total. The minimum Gasteiger partial charge on any atom is -0.379 e. The molecule has 0 bridgehead atoms. The molecule has 1 aromatic carbocycles. The van der Waals surface area contributed by atoms with Crippen molar-refractivity contribution in [2.45, 2.75) is 25.5 Å². The van der Waals surface area contributed by atoms with Crippen LogP contribution in [-0.2, 0) is 16.0 Å². The maximum absolute atomic E-state index is 5.76. The fraction of sp³-hybridized carbons (Fsp3) is 0.474. The Morgan fingerprint density at radius 2 is 2.30 bits per heavy atom. The summed E-state index contributed by atoms with van der Waals surface area (Å²) in [4.78, 5) is 4.27. The Balaban J connectivity index is 0.00000261. The summed E-state index contributed by atoms with van der Waals surface area (Å²) in [6.07, 6.45) is 5.93. The first-order valence-corrected chi connectivity index (χ1v) is 9.08. The predicted molar refractivity (Wildman–Crippen MR) is 117 cm³/mol. The number of rotatable bonds is 8. The van der Waals surface area contributed by atoms with Crippen LogP contribution in [0.2, 0.25) is 0 Å². The first-order chi connectivity index (χ1) is 12.8. The maximum Gasteiger partial charge on any atom is 0.191 e. The quantitative estimate of drug-likeness (QED) is 0.260. The molecule has 0 saturated carbocycles. The van der Waals surface area contributed by atoms with E-state index in [0.29, 0.717) is 6.54 Å². The Kier molecular flexibility index (Phi) is 9.57. The van der Waals surface area contributed by atoms with Gasteiger partial charge in [0.2, 0.25) is 0 Å². The van der Waals surface area contributed by atoms with E-state index in [0.717, 1.165) is 50.9 Å². The highest BCUT2D eigenvalue weighted by atomic mass is 127. The van der Waals surface area contributed by atoms with Gasteiger partial charge in [0, 0.05) is 45.7 Å². The van der Waals surface area contributed by atoms with Crippen LogP contribution in [0.1, 0.15) is 18.4 Å². The highest BCUT2D eigenvalue weighted by Gasteiger charge is 2.15. The molecule has 0 spiro atoms. The largest absolute Gasteiger partial charge is 0.379 e. The van der Waals surface area contributed by atoms with Crippen LogP contribution >= 0.6 is 24.0 Å². The molecule has 2 N–H and O–H groups in total. The molecule has 1 aliphatic rings. The first-order valence-electron chi connectivity index (χ1n) is 9.08. The molecule has 1 atom stereocenters. The Hall–Kier alpha value is -1.65. The van der Waals surface area contributed by atoms with E-state index >= 15 is 0 Å². The number of guanidine groups is 1. The standard InChI is InChI=1S/C19H27N5O2.HI/c1-20-19(21-8-4-11-26-18-7-12-25-15-18)22-14-16-5-2-6-17(13-16)24-10-3-9-23-24;/h2-3,5-6,9-10,13,18H,4,7-8,11-12,14-15H2,1H3,(H2,20,21,22);1H. The van der Waals surface area contributed by atoms with Gasteiger partial charge in [-0.15, -0.1) is 24.0 Å². The van der Waals surface area contributed by atoms with Crippen molar-refractivity contribution in [1.29, 1.82) is 0 Å². The number of aliphatic imine (C=N–C) groups is 1. The topological polar surface area (TPSA) is 72.7 Å². The molecule has 0 amide bonds. The average molecular weight is 485 g/mol. The molecule has 2 heterocycles. The lowest BCUT2D eigenvalue weighted by atomic mass is 10.2. The number of ether oxygens (including phenoxy) is 2. The van der Waals surface area contributed by atoms with Gasteiger partial charge in [-0.1, -0.05) is 12.1 Å². The molecule has 1 unspecified atom stereocenters. The van der Waals surface area contributed by atoms with E-state index in [1.165, 1.54) is 5.56 Å². The zero-order chi connectivity index (χ0) is 18.0. The summed E-state index contributed by atoms with van der Waals surface area (Å²) >= 11 is 0. The van der Waals surface area contributed by atoms with Crippen molar-refractivity contribution in [2.24, 2.45) is 4.99 Å². The van der Waals surface area contributed by atoms with Gasteiger partial charge in [0.05, 0.1) is 18.4 Å². The van der Waals surface area contributed by atoms with Gasteiger partial charge in [-0.2, -0.15) is 5.10 Å². The third-order valence-corrected chi connectivity index (χ3v) is 4.22. The number of halogens is 1. The van der Waals surface area contributed by atoms with Crippen LogP contribution < -0.4 is 10.6 Å². The van der Waals surface area contributed by atoms with Crippen LogP contribution in [0.3, 0.4) is 0 Å². The smallest absolute Gasteiger partial charge is 0.191 e. The van der Waals surface area contributed by atoms with Crippen molar-refractivity contribution in [2.75, 3.05) is 33.4 Å². The number of benzene rings is 1. The third-order valence-electron chi connectivity index (χ3n) is 4.22. The molecule has 0 radical (unpaired) electrons. The van der Waals surface area contributed by atoms with Crippen LogP contribution in [0.5, 0.6) is 0 Å². The number of hydrogen-bond acceptors (Lipinski definition) is 4. The minimum absolute atomic E-state index is 0. The molecule has 27 heavy (non-hydrogen) atoms. The lowest BCUT2D eigenvalue weighted by Crippen LogP contribution is -2.37. The van der Waals surface area contributed by atoms with Crippen LogP contribution in [0, 0.1) is 0 Å². The number of nitrogens with one attached hydrogen (secondary N) is 2. The first kappa shape index (κ1) is 21.6. The average Bonchev–Trinajstić information content (AvgIpc) is 3.38. The van der Waals surface area contributed by atoms with Crippen LogP contribution in [-0.4, -0.2) is 55.3 Å². The maximum atomic E-state index is 5.76. The van der Waals surface area contributed by atoms with Crippen molar-refractivity contribution in [3.8, 4) is 5.69 Å². The van der Waals surface area contributed by atoms with Gasteiger partial charge in [0.1, 0.15) is 0 Å². The summed E-state index contributed by atoms with van der Waals surface area (Å²) in [5, 5.41) is 10.9. The normalized spacial score (nSPS) is 16.8. The van der Waals surface area contributed by atoms with Crippen molar-refractivity contribution in [3.63, 3.8) is 0 Å². The SMILES string of the molecule is CN=C(NCCCOC1CCOC1)NCc1cccc(-n2cccn2)c1.I. The number of aromatic nitrogens is 2. The van der Waals surface area contributed by atoms with Gasteiger partial charge in [0.25, 0.3) is 0 Å². The molecule has 1 aromatic heterocycles. The van der Waals surface area contributed by atoms with E-state index in [1.807, 2.05) is 29.1 Å². The molecule has 0 aliphatic carbocycles. The van der Waals surface area contributed by atoms with E-state index in [2.05, 4.69) is 32.9 Å². The van der Waals surface area contributed by atoms with Crippen molar-refractivity contribution >= 4 is 29.9 Å².